The molecular formula is C13H28N2. The Morgan fingerprint density at radius 1 is 1.27 bits per heavy atom. The Morgan fingerprint density at radius 3 is 2.60 bits per heavy atom. The van der Waals surface area contributed by atoms with E-state index in [1.807, 2.05) is 0 Å². The quantitative estimate of drug-likeness (QED) is 0.776. The summed E-state index contributed by atoms with van der Waals surface area (Å²) < 4.78 is 0. The topological polar surface area (TPSA) is 29.3 Å². The zero-order valence-electron chi connectivity index (χ0n) is 10.7. The van der Waals surface area contributed by atoms with Crippen LogP contribution >= 0.6 is 0 Å². The summed E-state index contributed by atoms with van der Waals surface area (Å²) in [6.07, 6.45) is 6.84. The predicted molar refractivity (Wildman–Crippen MR) is 66.9 cm³/mol. The van der Waals surface area contributed by atoms with Crippen molar-refractivity contribution < 1.29 is 0 Å². The molecule has 0 radical (unpaired) electrons. The zero-order chi connectivity index (χ0) is 11.3. The minimum atomic E-state index is 0.345. The Morgan fingerprint density at radius 2 is 2.00 bits per heavy atom. The lowest BCUT2D eigenvalue weighted by Gasteiger charge is -2.32. The monoisotopic (exact) mass is 212 g/mol. The molecule has 1 fully saturated rings. The molecule has 0 spiro atoms. The lowest BCUT2D eigenvalue weighted by Crippen LogP contribution is -2.45. The fourth-order valence-electron chi connectivity index (χ4n) is 2.42. The Kier molecular flexibility index (Phi) is 5.62. The van der Waals surface area contributed by atoms with Crippen molar-refractivity contribution in [1.29, 1.82) is 0 Å². The Balaban J connectivity index is 2.47. The van der Waals surface area contributed by atoms with Crippen molar-refractivity contribution in [2.45, 2.75) is 65.0 Å². The van der Waals surface area contributed by atoms with Crippen LogP contribution in [0.25, 0.3) is 0 Å². The van der Waals surface area contributed by atoms with Crippen molar-refractivity contribution in [2.24, 2.45) is 11.7 Å². The van der Waals surface area contributed by atoms with Gasteiger partial charge in [0.05, 0.1) is 0 Å². The molecule has 2 unspecified atom stereocenters. The van der Waals surface area contributed by atoms with Crippen LogP contribution in [0.1, 0.15) is 52.9 Å². The SMILES string of the molecule is CCC1CCCCCN1CC(N)C(C)C. The first-order valence-corrected chi connectivity index (χ1v) is 6.64. The van der Waals surface area contributed by atoms with E-state index in [1.165, 1.54) is 38.6 Å². The molecule has 2 heteroatoms. The van der Waals surface area contributed by atoms with Gasteiger partial charge in [-0.05, 0) is 31.7 Å². The Bertz CT molecular complexity index is 168. The summed E-state index contributed by atoms with van der Waals surface area (Å²) in [4.78, 5) is 2.64. The molecule has 1 aliphatic rings. The smallest absolute Gasteiger partial charge is 0.0191 e. The number of likely N-dealkylation sites (tertiary alicyclic amines) is 1. The van der Waals surface area contributed by atoms with E-state index in [2.05, 4.69) is 25.7 Å². The highest BCUT2D eigenvalue weighted by Gasteiger charge is 2.21. The molecular weight excluding hydrogens is 184 g/mol. The van der Waals surface area contributed by atoms with Crippen molar-refractivity contribution in [3.63, 3.8) is 0 Å². The summed E-state index contributed by atoms with van der Waals surface area (Å²) >= 11 is 0. The van der Waals surface area contributed by atoms with Crippen molar-refractivity contribution in [1.82, 2.24) is 4.90 Å². The van der Waals surface area contributed by atoms with Crippen LogP contribution in [0.3, 0.4) is 0 Å². The van der Waals surface area contributed by atoms with Gasteiger partial charge < -0.3 is 5.73 Å². The summed E-state index contributed by atoms with van der Waals surface area (Å²) in [5.41, 5.74) is 6.17. The van der Waals surface area contributed by atoms with Gasteiger partial charge in [-0.1, -0.05) is 33.6 Å². The van der Waals surface area contributed by atoms with Crippen molar-refractivity contribution in [3.8, 4) is 0 Å². The molecule has 1 heterocycles. The van der Waals surface area contributed by atoms with E-state index < -0.39 is 0 Å². The summed E-state index contributed by atoms with van der Waals surface area (Å²) in [5, 5.41) is 0. The van der Waals surface area contributed by atoms with Gasteiger partial charge >= 0.3 is 0 Å². The standard InChI is InChI=1S/C13H28N2/c1-4-12-8-6-5-7-9-15(12)10-13(14)11(2)3/h11-13H,4-10,14H2,1-3H3. The number of hydrogen-bond acceptors (Lipinski definition) is 2. The molecule has 15 heavy (non-hydrogen) atoms. The fraction of sp³-hybridized carbons (Fsp3) is 1.00. The van der Waals surface area contributed by atoms with Gasteiger partial charge in [-0.3, -0.25) is 4.90 Å². The first-order chi connectivity index (χ1) is 7.15. The van der Waals surface area contributed by atoms with Crippen LogP contribution in [-0.4, -0.2) is 30.1 Å². The number of rotatable bonds is 4. The van der Waals surface area contributed by atoms with E-state index in [9.17, 15) is 0 Å². The zero-order valence-corrected chi connectivity index (χ0v) is 10.7. The molecule has 0 saturated carbocycles. The molecule has 1 rings (SSSR count). The minimum absolute atomic E-state index is 0.345. The van der Waals surface area contributed by atoms with Gasteiger partial charge in [0.15, 0.2) is 0 Å². The van der Waals surface area contributed by atoms with Gasteiger partial charge in [-0.2, -0.15) is 0 Å². The van der Waals surface area contributed by atoms with Crippen molar-refractivity contribution in [2.75, 3.05) is 13.1 Å². The van der Waals surface area contributed by atoms with Gasteiger partial charge in [0.25, 0.3) is 0 Å². The molecule has 0 bridgehead atoms. The molecule has 1 aliphatic heterocycles. The van der Waals surface area contributed by atoms with Crippen LogP contribution in [0.4, 0.5) is 0 Å². The van der Waals surface area contributed by atoms with E-state index >= 15 is 0 Å². The van der Waals surface area contributed by atoms with Crippen LogP contribution in [0.2, 0.25) is 0 Å². The average molecular weight is 212 g/mol. The largest absolute Gasteiger partial charge is 0.326 e. The van der Waals surface area contributed by atoms with E-state index in [0.717, 1.165) is 12.6 Å². The normalized spacial score (nSPS) is 26.6. The van der Waals surface area contributed by atoms with Gasteiger partial charge in [-0.25, -0.2) is 0 Å². The van der Waals surface area contributed by atoms with E-state index in [0.29, 0.717) is 12.0 Å². The molecule has 0 aromatic heterocycles. The fourth-order valence-corrected chi connectivity index (χ4v) is 2.42. The Labute approximate surface area is 95.2 Å². The van der Waals surface area contributed by atoms with E-state index in [4.69, 9.17) is 5.73 Å². The van der Waals surface area contributed by atoms with E-state index in [-0.39, 0.29) is 0 Å². The summed E-state index contributed by atoms with van der Waals surface area (Å²) in [7, 11) is 0. The highest BCUT2D eigenvalue weighted by Crippen LogP contribution is 2.19. The van der Waals surface area contributed by atoms with Gasteiger partial charge in [0, 0.05) is 18.6 Å². The van der Waals surface area contributed by atoms with Gasteiger partial charge in [0.2, 0.25) is 0 Å². The second kappa shape index (κ2) is 6.49. The maximum atomic E-state index is 6.17. The van der Waals surface area contributed by atoms with Crippen LogP contribution in [0.15, 0.2) is 0 Å². The molecule has 0 aliphatic carbocycles. The van der Waals surface area contributed by atoms with Crippen LogP contribution < -0.4 is 5.73 Å². The molecule has 1 saturated heterocycles. The number of hydrogen-bond donors (Lipinski definition) is 1. The lowest BCUT2D eigenvalue weighted by molar-refractivity contribution is 0.172. The predicted octanol–water partition coefficient (Wildman–Crippen LogP) is 2.62. The number of nitrogens with zero attached hydrogens (tertiary/aromatic N) is 1. The Hall–Kier alpha value is -0.0800. The second-order valence-electron chi connectivity index (χ2n) is 5.31. The first kappa shape index (κ1) is 13.0. The lowest BCUT2D eigenvalue weighted by atomic mass is 10.0. The third kappa shape index (κ3) is 4.12. The average Bonchev–Trinajstić information content (AvgIpc) is 2.42. The maximum absolute atomic E-state index is 6.17. The first-order valence-electron chi connectivity index (χ1n) is 6.64. The van der Waals surface area contributed by atoms with Crippen molar-refractivity contribution in [3.05, 3.63) is 0 Å². The highest BCUT2D eigenvalue weighted by molar-refractivity contribution is 4.79. The second-order valence-corrected chi connectivity index (χ2v) is 5.31. The van der Waals surface area contributed by atoms with Gasteiger partial charge in [-0.15, -0.1) is 0 Å². The molecule has 0 amide bonds. The molecule has 0 aromatic rings. The number of nitrogens with two attached hydrogens (primary N) is 1. The minimum Gasteiger partial charge on any atom is -0.326 e. The maximum Gasteiger partial charge on any atom is 0.0191 e. The third-order valence-electron chi connectivity index (χ3n) is 3.77. The van der Waals surface area contributed by atoms with Crippen LogP contribution in [0, 0.1) is 5.92 Å². The molecule has 2 N–H and O–H groups in total. The summed E-state index contributed by atoms with van der Waals surface area (Å²) in [6.45, 7) is 9.12. The highest BCUT2D eigenvalue weighted by atomic mass is 15.2. The molecule has 2 nitrogen and oxygen atoms in total. The van der Waals surface area contributed by atoms with Crippen molar-refractivity contribution >= 4 is 0 Å². The summed E-state index contributed by atoms with van der Waals surface area (Å²) in [6, 6.07) is 1.13. The molecule has 90 valence electrons. The van der Waals surface area contributed by atoms with Gasteiger partial charge in [0.1, 0.15) is 0 Å². The molecule has 2 atom stereocenters. The third-order valence-corrected chi connectivity index (χ3v) is 3.77. The van der Waals surface area contributed by atoms with Crippen LogP contribution in [-0.2, 0) is 0 Å². The molecule has 0 aromatic carbocycles. The van der Waals surface area contributed by atoms with Crippen LogP contribution in [0.5, 0.6) is 0 Å². The van der Waals surface area contributed by atoms with E-state index in [1.54, 1.807) is 0 Å². The summed E-state index contributed by atoms with van der Waals surface area (Å²) in [5.74, 6) is 0.603.